The van der Waals surface area contributed by atoms with Gasteiger partial charge in [-0.3, -0.25) is 19.6 Å². The normalized spacial score (nSPS) is 22.1. The summed E-state index contributed by atoms with van der Waals surface area (Å²) in [6.45, 7) is 4.51. The molecule has 3 heterocycles. The summed E-state index contributed by atoms with van der Waals surface area (Å²) in [5.41, 5.74) is 1.83. The summed E-state index contributed by atoms with van der Waals surface area (Å²) in [7, 11) is -3.07. The Balaban J connectivity index is 1.37. The number of sulfone groups is 1. The van der Waals surface area contributed by atoms with Crippen molar-refractivity contribution in [2.24, 2.45) is 0 Å². The lowest BCUT2D eigenvalue weighted by atomic mass is 10.1. The third-order valence-electron chi connectivity index (χ3n) is 5.81. The van der Waals surface area contributed by atoms with Crippen molar-refractivity contribution >= 4 is 21.4 Å². The predicted octanol–water partition coefficient (Wildman–Crippen LogP) is 1.42. The molecule has 30 heavy (non-hydrogen) atoms. The first-order valence-corrected chi connectivity index (χ1v) is 12.2. The molecule has 2 aliphatic heterocycles. The van der Waals surface area contributed by atoms with Crippen LogP contribution in [0.2, 0.25) is 0 Å². The maximum Gasteiger partial charge on any atom is 0.241 e. The van der Waals surface area contributed by atoms with Crippen LogP contribution in [-0.4, -0.2) is 79.4 Å². The number of carbonyl (C=O) groups excluding carboxylic acids is 1. The number of nitrogens with zero attached hydrogens (tertiary/aromatic N) is 4. The van der Waals surface area contributed by atoms with Crippen molar-refractivity contribution in [2.75, 3.05) is 49.1 Å². The molecule has 0 N–H and O–H groups in total. The van der Waals surface area contributed by atoms with Gasteiger partial charge in [0, 0.05) is 44.6 Å². The van der Waals surface area contributed by atoms with Crippen LogP contribution in [0.25, 0.3) is 0 Å². The summed E-state index contributed by atoms with van der Waals surface area (Å²) in [5.74, 6) is 0.174. The summed E-state index contributed by atoms with van der Waals surface area (Å²) in [6.07, 6.45) is 2.31. The summed E-state index contributed by atoms with van der Waals surface area (Å²) >= 11 is 0. The molecular formula is C22H28N4O3S. The second kappa shape index (κ2) is 9.24. The van der Waals surface area contributed by atoms with Gasteiger partial charge in [-0.1, -0.05) is 24.3 Å². The average Bonchev–Trinajstić information content (AvgIpc) is 3.10. The number of pyridine rings is 1. The smallest absolute Gasteiger partial charge is 0.241 e. The molecule has 0 saturated carbocycles. The van der Waals surface area contributed by atoms with E-state index < -0.39 is 9.84 Å². The van der Waals surface area contributed by atoms with Gasteiger partial charge in [-0.05, 0) is 30.7 Å². The maximum atomic E-state index is 13.2. The Bertz CT molecular complexity index is 945. The molecule has 4 rings (SSSR count). The zero-order valence-electron chi connectivity index (χ0n) is 17.1. The van der Waals surface area contributed by atoms with Crippen molar-refractivity contribution in [1.29, 1.82) is 0 Å². The Labute approximate surface area is 178 Å². The molecule has 8 heteroatoms. The highest BCUT2D eigenvalue weighted by Crippen LogP contribution is 2.25. The molecule has 1 aromatic carbocycles. The molecule has 1 aromatic heterocycles. The Morgan fingerprint density at radius 2 is 1.70 bits per heavy atom. The van der Waals surface area contributed by atoms with E-state index in [-0.39, 0.29) is 23.5 Å². The Morgan fingerprint density at radius 3 is 2.33 bits per heavy atom. The molecule has 1 amide bonds. The summed E-state index contributed by atoms with van der Waals surface area (Å²) in [4.78, 5) is 23.9. The predicted molar refractivity (Wildman–Crippen MR) is 117 cm³/mol. The number of hydrogen-bond donors (Lipinski definition) is 0. The lowest BCUT2D eigenvalue weighted by molar-refractivity contribution is -0.120. The van der Waals surface area contributed by atoms with Gasteiger partial charge < -0.3 is 4.90 Å². The second-order valence-electron chi connectivity index (χ2n) is 8.03. The Hall–Kier alpha value is -2.29. The van der Waals surface area contributed by atoms with Crippen molar-refractivity contribution in [3.05, 3.63) is 60.4 Å². The molecule has 2 aromatic rings. The standard InChI is InChI=1S/C22H28N4O3S/c27-22(17-25-13-11-24(12-14-25)16-19-6-4-5-10-23-19)26(20-7-2-1-3-8-20)21-9-15-30(28,29)18-21/h1-8,10,21H,9,11-18H2. The number of carbonyl (C=O) groups is 1. The van der Waals surface area contributed by atoms with Crippen molar-refractivity contribution in [1.82, 2.24) is 14.8 Å². The van der Waals surface area contributed by atoms with Gasteiger partial charge >= 0.3 is 0 Å². The van der Waals surface area contributed by atoms with Crippen LogP contribution < -0.4 is 4.90 Å². The lowest BCUT2D eigenvalue weighted by Crippen LogP contribution is -2.51. The van der Waals surface area contributed by atoms with E-state index in [1.807, 2.05) is 54.7 Å². The zero-order chi connectivity index (χ0) is 21.0. The highest BCUT2D eigenvalue weighted by Gasteiger charge is 2.36. The Kier molecular flexibility index (Phi) is 6.46. The first-order valence-electron chi connectivity index (χ1n) is 10.4. The Morgan fingerprint density at radius 1 is 1.00 bits per heavy atom. The van der Waals surface area contributed by atoms with E-state index in [0.29, 0.717) is 13.0 Å². The van der Waals surface area contributed by atoms with Gasteiger partial charge in [-0.2, -0.15) is 0 Å². The molecule has 0 spiro atoms. The number of piperazine rings is 1. The van der Waals surface area contributed by atoms with Gasteiger partial charge in [0.15, 0.2) is 9.84 Å². The molecule has 0 aliphatic carbocycles. The number of benzene rings is 1. The van der Waals surface area contributed by atoms with Crippen LogP contribution in [0.4, 0.5) is 5.69 Å². The van der Waals surface area contributed by atoms with Gasteiger partial charge in [0.05, 0.1) is 29.8 Å². The van der Waals surface area contributed by atoms with Crippen LogP contribution in [0.3, 0.4) is 0 Å². The van der Waals surface area contributed by atoms with Gasteiger partial charge in [0.25, 0.3) is 0 Å². The van der Waals surface area contributed by atoms with E-state index in [1.165, 1.54) is 0 Å². The fourth-order valence-corrected chi connectivity index (χ4v) is 5.92. The first kappa shape index (κ1) is 21.0. The number of hydrogen-bond acceptors (Lipinski definition) is 6. The zero-order valence-corrected chi connectivity index (χ0v) is 17.9. The molecule has 160 valence electrons. The van der Waals surface area contributed by atoms with Gasteiger partial charge in [-0.25, -0.2) is 8.42 Å². The van der Waals surface area contributed by atoms with E-state index in [0.717, 1.165) is 44.1 Å². The molecular weight excluding hydrogens is 400 g/mol. The van der Waals surface area contributed by atoms with Crippen molar-refractivity contribution in [3.8, 4) is 0 Å². The SMILES string of the molecule is O=C(CN1CCN(Cc2ccccn2)CC1)N(c1ccccc1)C1CCS(=O)(=O)C1. The third-order valence-corrected chi connectivity index (χ3v) is 7.56. The van der Waals surface area contributed by atoms with Crippen LogP contribution in [-0.2, 0) is 21.2 Å². The van der Waals surface area contributed by atoms with Gasteiger partial charge in [0.1, 0.15) is 0 Å². The lowest BCUT2D eigenvalue weighted by Gasteiger charge is -2.36. The first-order chi connectivity index (χ1) is 14.5. The van der Waals surface area contributed by atoms with Crippen molar-refractivity contribution < 1.29 is 13.2 Å². The highest BCUT2D eigenvalue weighted by molar-refractivity contribution is 7.91. The summed E-state index contributed by atoms with van der Waals surface area (Å²) in [5, 5.41) is 0. The number of anilines is 1. The monoisotopic (exact) mass is 428 g/mol. The van der Waals surface area contributed by atoms with Gasteiger partial charge in [0.2, 0.25) is 5.91 Å². The minimum absolute atomic E-state index is 0.0264. The van der Waals surface area contributed by atoms with Crippen LogP contribution in [0.1, 0.15) is 12.1 Å². The topological polar surface area (TPSA) is 73.8 Å². The number of amides is 1. The number of aromatic nitrogens is 1. The summed E-state index contributed by atoms with van der Waals surface area (Å²) in [6, 6.07) is 15.1. The molecule has 2 saturated heterocycles. The molecule has 2 aliphatic rings. The highest BCUT2D eigenvalue weighted by atomic mass is 32.2. The van der Waals surface area contributed by atoms with E-state index >= 15 is 0 Å². The number of rotatable bonds is 6. The quantitative estimate of drug-likeness (QED) is 0.693. The molecule has 0 bridgehead atoms. The summed E-state index contributed by atoms with van der Waals surface area (Å²) < 4.78 is 24.0. The fourth-order valence-electron chi connectivity index (χ4n) is 4.22. The molecule has 1 atom stereocenters. The largest absolute Gasteiger partial charge is 0.307 e. The fraction of sp³-hybridized carbons (Fsp3) is 0.455. The van der Waals surface area contributed by atoms with Crippen LogP contribution in [0, 0.1) is 0 Å². The number of para-hydroxylation sites is 1. The molecule has 2 fully saturated rings. The van der Waals surface area contributed by atoms with E-state index in [2.05, 4.69) is 14.8 Å². The minimum Gasteiger partial charge on any atom is -0.307 e. The second-order valence-corrected chi connectivity index (χ2v) is 10.3. The van der Waals surface area contributed by atoms with Gasteiger partial charge in [-0.15, -0.1) is 0 Å². The van der Waals surface area contributed by atoms with E-state index in [9.17, 15) is 13.2 Å². The third kappa shape index (κ3) is 5.24. The van der Waals surface area contributed by atoms with Crippen LogP contribution in [0.5, 0.6) is 0 Å². The average molecular weight is 429 g/mol. The van der Waals surface area contributed by atoms with Crippen LogP contribution >= 0.6 is 0 Å². The molecule has 7 nitrogen and oxygen atoms in total. The minimum atomic E-state index is -3.07. The molecule has 1 unspecified atom stereocenters. The van der Waals surface area contributed by atoms with E-state index in [4.69, 9.17) is 0 Å². The molecule has 0 radical (unpaired) electrons. The van der Waals surface area contributed by atoms with Crippen molar-refractivity contribution in [3.63, 3.8) is 0 Å². The maximum absolute atomic E-state index is 13.2. The van der Waals surface area contributed by atoms with E-state index in [1.54, 1.807) is 4.90 Å². The van der Waals surface area contributed by atoms with Crippen molar-refractivity contribution in [2.45, 2.75) is 19.0 Å². The van der Waals surface area contributed by atoms with Crippen LogP contribution in [0.15, 0.2) is 54.7 Å².